The predicted molar refractivity (Wildman–Crippen MR) is 89.1 cm³/mol. The molecule has 1 aliphatic rings. The number of aliphatic hydroxyl groups is 1. The molecule has 2 N–H and O–H groups in total. The summed E-state index contributed by atoms with van der Waals surface area (Å²) in [6, 6.07) is 7.49. The monoisotopic (exact) mass is 318 g/mol. The lowest BCUT2D eigenvalue weighted by atomic mass is 9.96. The zero-order valence-electron chi connectivity index (χ0n) is 13.9. The molecule has 2 amide bonds. The smallest absolute Gasteiger partial charge is 0.253 e. The molecule has 0 saturated carbocycles. The van der Waals surface area contributed by atoms with E-state index in [1.807, 2.05) is 38.1 Å². The maximum absolute atomic E-state index is 12.6. The van der Waals surface area contributed by atoms with Gasteiger partial charge in [-0.15, -0.1) is 0 Å². The molecule has 2 rings (SSSR count). The van der Waals surface area contributed by atoms with E-state index in [-0.39, 0.29) is 30.4 Å². The normalized spacial score (nSPS) is 19.3. The molecule has 0 aliphatic carbocycles. The van der Waals surface area contributed by atoms with E-state index in [0.29, 0.717) is 25.1 Å². The molecule has 2 atom stereocenters. The van der Waals surface area contributed by atoms with Gasteiger partial charge in [0.1, 0.15) is 0 Å². The van der Waals surface area contributed by atoms with E-state index in [1.165, 1.54) is 0 Å². The highest BCUT2D eigenvalue weighted by Gasteiger charge is 2.29. The van der Waals surface area contributed by atoms with Crippen molar-refractivity contribution in [2.24, 2.45) is 5.92 Å². The number of piperidine rings is 1. The van der Waals surface area contributed by atoms with Crippen LogP contribution in [0.5, 0.6) is 0 Å². The van der Waals surface area contributed by atoms with Gasteiger partial charge in [0.05, 0.1) is 5.92 Å². The number of nitrogens with one attached hydrogen (secondary N) is 1. The third-order valence-electron chi connectivity index (χ3n) is 4.33. The number of aliphatic hydroxyl groups excluding tert-OH is 1. The predicted octanol–water partition coefficient (Wildman–Crippen LogP) is 1.73. The molecular formula is C18H26N2O3. The Bertz CT molecular complexity index is 542. The van der Waals surface area contributed by atoms with Gasteiger partial charge in [-0.2, -0.15) is 0 Å². The van der Waals surface area contributed by atoms with E-state index in [4.69, 9.17) is 5.11 Å². The third kappa shape index (κ3) is 4.79. The summed E-state index contributed by atoms with van der Waals surface area (Å²) in [6.45, 7) is 5.09. The molecule has 2 unspecified atom stereocenters. The largest absolute Gasteiger partial charge is 0.396 e. The Morgan fingerprint density at radius 1 is 1.35 bits per heavy atom. The number of aryl methyl sites for hydroxylation is 1. The highest BCUT2D eigenvalue weighted by molar-refractivity contribution is 5.94. The molecule has 5 nitrogen and oxygen atoms in total. The van der Waals surface area contributed by atoms with Gasteiger partial charge in [0.15, 0.2) is 0 Å². The fourth-order valence-electron chi connectivity index (χ4n) is 2.88. The Morgan fingerprint density at radius 2 is 2.04 bits per heavy atom. The van der Waals surface area contributed by atoms with Gasteiger partial charge in [-0.1, -0.05) is 17.7 Å². The number of hydrogen-bond donors (Lipinski definition) is 2. The number of nitrogens with zero attached hydrogens (tertiary/aromatic N) is 1. The first-order valence-electron chi connectivity index (χ1n) is 8.28. The topological polar surface area (TPSA) is 69.6 Å². The summed E-state index contributed by atoms with van der Waals surface area (Å²) in [5, 5.41) is 11.8. The molecule has 0 aromatic heterocycles. The van der Waals surface area contributed by atoms with Gasteiger partial charge < -0.3 is 15.3 Å². The van der Waals surface area contributed by atoms with E-state index < -0.39 is 0 Å². The first-order chi connectivity index (χ1) is 11.0. The maximum atomic E-state index is 12.6. The number of carbonyl (C=O) groups excluding carboxylic acids is 2. The third-order valence-corrected chi connectivity index (χ3v) is 4.33. The van der Waals surface area contributed by atoms with E-state index in [2.05, 4.69) is 5.32 Å². The summed E-state index contributed by atoms with van der Waals surface area (Å²) in [4.78, 5) is 26.6. The van der Waals surface area contributed by atoms with Gasteiger partial charge in [-0.05, 0) is 45.2 Å². The van der Waals surface area contributed by atoms with Gasteiger partial charge in [0, 0.05) is 31.3 Å². The van der Waals surface area contributed by atoms with Gasteiger partial charge in [0.2, 0.25) is 5.91 Å². The van der Waals surface area contributed by atoms with Crippen LogP contribution in [0, 0.1) is 12.8 Å². The van der Waals surface area contributed by atoms with Crippen LogP contribution >= 0.6 is 0 Å². The van der Waals surface area contributed by atoms with E-state index in [9.17, 15) is 9.59 Å². The summed E-state index contributed by atoms with van der Waals surface area (Å²) >= 11 is 0. The number of rotatable bonds is 5. The molecule has 23 heavy (non-hydrogen) atoms. The number of benzene rings is 1. The molecule has 1 aromatic rings. The molecule has 1 fully saturated rings. The van der Waals surface area contributed by atoms with E-state index in [0.717, 1.165) is 18.4 Å². The van der Waals surface area contributed by atoms with Crippen LogP contribution in [0.15, 0.2) is 24.3 Å². The van der Waals surface area contributed by atoms with Gasteiger partial charge >= 0.3 is 0 Å². The lowest BCUT2D eigenvalue weighted by molar-refractivity contribution is -0.127. The van der Waals surface area contributed by atoms with Crippen molar-refractivity contribution < 1.29 is 14.7 Å². The maximum Gasteiger partial charge on any atom is 0.253 e. The van der Waals surface area contributed by atoms with Crippen LogP contribution in [0.25, 0.3) is 0 Å². The fraction of sp³-hybridized carbons (Fsp3) is 0.556. The summed E-state index contributed by atoms with van der Waals surface area (Å²) in [5.41, 5.74) is 1.79. The zero-order chi connectivity index (χ0) is 16.8. The van der Waals surface area contributed by atoms with E-state index >= 15 is 0 Å². The molecule has 1 saturated heterocycles. The van der Waals surface area contributed by atoms with E-state index in [1.54, 1.807) is 4.90 Å². The average Bonchev–Trinajstić information content (AvgIpc) is 2.55. The fourth-order valence-corrected chi connectivity index (χ4v) is 2.88. The second kappa shape index (κ2) is 8.11. The van der Waals surface area contributed by atoms with Crippen molar-refractivity contribution in [3.63, 3.8) is 0 Å². The Kier molecular flexibility index (Phi) is 6.16. The standard InChI is InChI=1S/C18H26N2O3/c1-13-5-7-15(8-6-13)18(23)20-10-3-4-16(12-20)17(22)19-14(2)9-11-21/h5-8,14,16,21H,3-4,9-12H2,1-2H3,(H,19,22). The number of amides is 2. The summed E-state index contributed by atoms with van der Waals surface area (Å²) in [7, 11) is 0. The lowest BCUT2D eigenvalue weighted by Crippen LogP contribution is -2.47. The van der Waals surface area contributed by atoms with Crippen LogP contribution in [0.1, 0.15) is 42.1 Å². The van der Waals surface area contributed by atoms with Crippen LogP contribution in [0.2, 0.25) is 0 Å². The van der Waals surface area contributed by atoms with Crippen molar-refractivity contribution in [2.75, 3.05) is 19.7 Å². The molecule has 1 heterocycles. The molecule has 5 heteroatoms. The first-order valence-corrected chi connectivity index (χ1v) is 8.28. The van der Waals surface area contributed by atoms with Crippen molar-refractivity contribution >= 4 is 11.8 Å². The molecule has 0 spiro atoms. The lowest BCUT2D eigenvalue weighted by Gasteiger charge is -2.32. The molecule has 0 bridgehead atoms. The molecule has 126 valence electrons. The summed E-state index contributed by atoms with van der Waals surface area (Å²) in [6.07, 6.45) is 2.18. The zero-order valence-corrected chi connectivity index (χ0v) is 13.9. The second-order valence-corrected chi connectivity index (χ2v) is 6.38. The molecule has 0 radical (unpaired) electrons. The van der Waals surface area contributed by atoms with Crippen LogP contribution in [0.3, 0.4) is 0 Å². The molecule has 1 aromatic carbocycles. The number of hydrogen-bond acceptors (Lipinski definition) is 3. The number of carbonyl (C=O) groups is 2. The van der Waals surface area contributed by atoms with Gasteiger partial charge in [-0.25, -0.2) is 0 Å². The van der Waals surface area contributed by atoms with Crippen LogP contribution in [-0.2, 0) is 4.79 Å². The van der Waals surface area contributed by atoms with Gasteiger partial charge in [0.25, 0.3) is 5.91 Å². The molecular weight excluding hydrogens is 292 g/mol. The van der Waals surface area contributed by atoms with Crippen molar-refractivity contribution in [2.45, 2.75) is 39.2 Å². The van der Waals surface area contributed by atoms with Crippen molar-refractivity contribution in [1.82, 2.24) is 10.2 Å². The minimum Gasteiger partial charge on any atom is -0.396 e. The van der Waals surface area contributed by atoms with Gasteiger partial charge in [-0.3, -0.25) is 9.59 Å². The summed E-state index contributed by atoms with van der Waals surface area (Å²) in [5.74, 6) is -0.197. The second-order valence-electron chi connectivity index (χ2n) is 6.38. The highest BCUT2D eigenvalue weighted by Crippen LogP contribution is 2.19. The minimum atomic E-state index is -0.167. The number of likely N-dealkylation sites (tertiary alicyclic amines) is 1. The van der Waals surface area contributed by atoms with Crippen molar-refractivity contribution in [3.8, 4) is 0 Å². The summed E-state index contributed by atoms with van der Waals surface area (Å²) < 4.78 is 0. The Labute approximate surface area is 137 Å². The van der Waals surface area contributed by atoms with Crippen LogP contribution in [0.4, 0.5) is 0 Å². The Balaban J connectivity index is 1.96. The van der Waals surface area contributed by atoms with Crippen LogP contribution < -0.4 is 5.32 Å². The first kappa shape index (κ1) is 17.5. The SMILES string of the molecule is Cc1ccc(C(=O)N2CCCC(C(=O)NC(C)CCO)C2)cc1. The Morgan fingerprint density at radius 3 is 2.70 bits per heavy atom. The van der Waals surface area contributed by atoms with Crippen molar-refractivity contribution in [1.29, 1.82) is 0 Å². The Hall–Kier alpha value is -1.88. The van der Waals surface area contributed by atoms with Crippen LogP contribution in [-0.4, -0.2) is 47.6 Å². The van der Waals surface area contributed by atoms with Crippen molar-refractivity contribution in [3.05, 3.63) is 35.4 Å². The molecule has 1 aliphatic heterocycles. The average molecular weight is 318 g/mol. The quantitative estimate of drug-likeness (QED) is 0.869. The minimum absolute atomic E-state index is 0.00842. The highest BCUT2D eigenvalue weighted by atomic mass is 16.3.